The van der Waals surface area contributed by atoms with Gasteiger partial charge in [-0.3, -0.25) is 9.69 Å². The van der Waals surface area contributed by atoms with E-state index in [-0.39, 0.29) is 18.6 Å². The fourth-order valence-corrected chi connectivity index (χ4v) is 3.33. The number of ether oxygens (including phenoxy) is 2. The third-order valence-electron chi connectivity index (χ3n) is 4.69. The van der Waals surface area contributed by atoms with Gasteiger partial charge in [0.2, 0.25) is 0 Å². The highest BCUT2D eigenvalue weighted by molar-refractivity contribution is 5.77. The van der Waals surface area contributed by atoms with E-state index in [1.807, 2.05) is 36.4 Å². The number of rotatable bonds is 8. The van der Waals surface area contributed by atoms with E-state index in [1.54, 1.807) is 13.2 Å². The molecule has 0 aromatic heterocycles. The van der Waals surface area contributed by atoms with E-state index in [0.717, 1.165) is 13.1 Å². The minimum atomic E-state index is -0.129. The monoisotopic (exact) mass is 354 g/mol. The zero-order chi connectivity index (χ0) is 18.2. The zero-order valence-electron chi connectivity index (χ0n) is 15.2. The average molecular weight is 354 g/mol. The molecule has 1 aliphatic rings. The second-order valence-electron chi connectivity index (χ2n) is 6.41. The van der Waals surface area contributed by atoms with Crippen molar-refractivity contribution in [2.75, 3.05) is 33.4 Å². The fraction of sp³-hybridized carbons (Fsp3) is 0.381. The van der Waals surface area contributed by atoms with Gasteiger partial charge in [0.1, 0.15) is 0 Å². The van der Waals surface area contributed by atoms with E-state index in [4.69, 9.17) is 9.47 Å². The molecule has 0 spiro atoms. The molecule has 2 aromatic carbocycles. The van der Waals surface area contributed by atoms with Crippen LogP contribution in [0.3, 0.4) is 0 Å². The molecule has 1 N–H and O–H groups in total. The molecule has 1 fully saturated rings. The summed E-state index contributed by atoms with van der Waals surface area (Å²) in [5.41, 5.74) is 1.24. The first-order chi connectivity index (χ1) is 12.8. The van der Waals surface area contributed by atoms with Gasteiger partial charge in [0, 0.05) is 6.54 Å². The first-order valence-corrected chi connectivity index (χ1v) is 9.09. The lowest BCUT2D eigenvalue weighted by Gasteiger charge is -2.28. The minimum absolute atomic E-state index is 0.0259. The molecule has 0 saturated carbocycles. The third-order valence-corrected chi connectivity index (χ3v) is 4.69. The zero-order valence-corrected chi connectivity index (χ0v) is 15.2. The van der Waals surface area contributed by atoms with Crippen molar-refractivity contribution in [1.82, 2.24) is 10.2 Å². The Morgan fingerprint density at radius 2 is 1.69 bits per heavy atom. The van der Waals surface area contributed by atoms with Crippen molar-refractivity contribution in [3.05, 3.63) is 60.2 Å². The molecule has 1 amide bonds. The molecule has 0 radical (unpaired) electrons. The number of methoxy groups -OCH3 is 1. The molecule has 138 valence electrons. The summed E-state index contributed by atoms with van der Waals surface area (Å²) in [7, 11) is 1.59. The lowest BCUT2D eigenvalue weighted by molar-refractivity contribution is -0.123. The second kappa shape index (κ2) is 9.25. The topological polar surface area (TPSA) is 50.8 Å². The number of likely N-dealkylation sites (tertiary alicyclic amines) is 1. The molecular weight excluding hydrogens is 328 g/mol. The van der Waals surface area contributed by atoms with Crippen molar-refractivity contribution < 1.29 is 14.3 Å². The molecule has 1 aliphatic heterocycles. The highest BCUT2D eigenvalue weighted by Crippen LogP contribution is 2.26. The van der Waals surface area contributed by atoms with Gasteiger partial charge < -0.3 is 14.8 Å². The molecule has 5 nitrogen and oxygen atoms in total. The first kappa shape index (κ1) is 18.3. The fourth-order valence-electron chi connectivity index (χ4n) is 3.33. The normalized spacial score (nSPS) is 15.4. The van der Waals surface area contributed by atoms with E-state index in [0.29, 0.717) is 18.0 Å². The van der Waals surface area contributed by atoms with Gasteiger partial charge in [0.15, 0.2) is 18.1 Å². The maximum atomic E-state index is 12.3. The highest BCUT2D eigenvalue weighted by atomic mass is 16.5. The highest BCUT2D eigenvalue weighted by Gasteiger charge is 2.23. The molecule has 1 saturated heterocycles. The SMILES string of the molecule is COc1ccccc1OCC(=O)NCC(c1ccccc1)N1CCCC1. The number of carbonyl (C=O) groups excluding carboxylic acids is 1. The Balaban J connectivity index is 1.55. The van der Waals surface area contributed by atoms with Gasteiger partial charge in [-0.1, -0.05) is 42.5 Å². The van der Waals surface area contributed by atoms with Crippen LogP contribution in [0.1, 0.15) is 24.4 Å². The summed E-state index contributed by atoms with van der Waals surface area (Å²) < 4.78 is 10.8. The van der Waals surface area contributed by atoms with Crippen LogP contribution < -0.4 is 14.8 Å². The lowest BCUT2D eigenvalue weighted by atomic mass is 10.1. The predicted molar refractivity (Wildman–Crippen MR) is 101 cm³/mol. The van der Waals surface area contributed by atoms with Crippen LogP contribution in [0.15, 0.2) is 54.6 Å². The van der Waals surface area contributed by atoms with Crippen LogP contribution in [0.2, 0.25) is 0 Å². The van der Waals surface area contributed by atoms with E-state index < -0.39 is 0 Å². The average Bonchev–Trinajstić information content (AvgIpc) is 3.22. The number of nitrogens with one attached hydrogen (secondary N) is 1. The number of nitrogens with zero attached hydrogens (tertiary/aromatic N) is 1. The van der Waals surface area contributed by atoms with Gasteiger partial charge in [-0.25, -0.2) is 0 Å². The van der Waals surface area contributed by atoms with Crippen LogP contribution in [-0.2, 0) is 4.79 Å². The van der Waals surface area contributed by atoms with Gasteiger partial charge >= 0.3 is 0 Å². The molecule has 3 rings (SSSR count). The Hall–Kier alpha value is -2.53. The number of carbonyl (C=O) groups is 1. The summed E-state index contributed by atoms with van der Waals surface area (Å²) in [6.45, 7) is 2.71. The van der Waals surface area contributed by atoms with Crippen LogP contribution in [0, 0.1) is 0 Å². The number of para-hydroxylation sites is 2. The van der Waals surface area contributed by atoms with Gasteiger partial charge in [0.05, 0.1) is 13.2 Å². The van der Waals surface area contributed by atoms with Gasteiger partial charge in [-0.15, -0.1) is 0 Å². The molecule has 5 heteroatoms. The maximum Gasteiger partial charge on any atom is 0.258 e. The molecule has 26 heavy (non-hydrogen) atoms. The van der Waals surface area contributed by atoms with Crippen molar-refractivity contribution in [2.24, 2.45) is 0 Å². The van der Waals surface area contributed by atoms with E-state index in [9.17, 15) is 4.79 Å². The predicted octanol–water partition coefficient (Wildman–Crippen LogP) is 3.03. The summed E-state index contributed by atoms with van der Waals surface area (Å²) in [4.78, 5) is 14.7. The Bertz CT molecular complexity index is 699. The Labute approximate surface area is 154 Å². The van der Waals surface area contributed by atoms with E-state index in [1.165, 1.54) is 18.4 Å². The van der Waals surface area contributed by atoms with E-state index in [2.05, 4.69) is 22.3 Å². The van der Waals surface area contributed by atoms with Crippen molar-refractivity contribution >= 4 is 5.91 Å². The number of amides is 1. The van der Waals surface area contributed by atoms with Crippen molar-refractivity contribution in [3.63, 3.8) is 0 Å². The molecular formula is C21H26N2O3. The van der Waals surface area contributed by atoms with Gasteiger partial charge in [-0.2, -0.15) is 0 Å². The molecule has 1 heterocycles. The Kier molecular flexibility index (Phi) is 6.50. The Morgan fingerprint density at radius 1 is 1.04 bits per heavy atom. The standard InChI is InChI=1S/C21H26N2O3/c1-25-19-11-5-6-12-20(19)26-16-21(24)22-15-18(23-13-7-8-14-23)17-9-3-2-4-10-17/h2-6,9-12,18H,7-8,13-16H2,1H3,(H,22,24). The maximum absolute atomic E-state index is 12.3. The number of hydrogen-bond acceptors (Lipinski definition) is 4. The summed E-state index contributed by atoms with van der Waals surface area (Å²) in [5, 5.41) is 3.02. The van der Waals surface area contributed by atoms with Crippen molar-refractivity contribution in [1.29, 1.82) is 0 Å². The molecule has 0 aliphatic carbocycles. The number of hydrogen-bond donors (Lipinski definition) is 1. The second-order valence-corrected chi connectivity index (χ2v) is 6.41. The van der Waals surface area contributed by atoms with E-state index >= 15 is 0 Å². The minimum Gasteiger partial charge on any atom is -0.493 e. The van der Waals surface area contributed by atoms with Crippen LogP contribution in [0.25, 0.3) is 0 Å². The third kappa shape index (κ3) is 4.76. The summed E-state index contributed by atoms with van der Waals surface area (Å²) in [6.07, 6.45) is 2.43. The van der Waals surface area contributed by atoms with Crippen molar-refractivity contribution in [3.8, 4) is 11.5 Å². The van der Waals surface area contributed by atoms with Gasteiger partial charge in [0.25, 0.3) is 5.91 Å². The largest absolute Gasteiger partial charge is 0.493 e. The molecule has 0 bridgehead atoms. The summed E-state index contributed by atoms with van der Waals surface area (Å²) in [6, 6.07) is 17.9. The van der Waals surface area contributed by atoms with Crippen LogP contribution in [-0.4, -0.2) is 44.2 Å². The Morgan fingerprint density at radius 3 is 2.38 bits per heavy atom. The quantitative estimate of drug-likeness (QED) is 0.792. The van der Waals surface area contributed by atoms with Crippen molar-refractivity contribution in [2.45, 2.75) is 18.9 Å². The number of benzene rings is 2. The van der Waals surface area contributed by atoms with Crippen LogP contribution >= 0.6 is 0 Å². The summed E-state index contributed by atoms with van der Waals surface area (Å²) in [5.74, 6) is 1.07. The smallest absolute Gasteiger partial charge is 0.258 e. The molecule has 1 atom stereocenters. The molecule has 1 unspecified atom stereocenters. The first-order valence-electron chi connectivity index (χ1n) is 9.09. The lowest BCUT2D eigenvalue weighted by Crippen LogP contribution is -2.38. The summed E-state index contributed by atoms with van der Waals surface area (Å²) >= 11 is 0. The van der Waals surface area contributed by atoms with Gasteiger partial charge in [-0.05, 0) is 43.6 Å². The van der Waals surface area contributed by atoms with Crippen LogP contribution in [0.5, 0.6) is 11.5 Å². The van der Waals surface area contributed by atoms with Crippen LogP contribution in [0.4, 0.5) is 0 Å². The molecule has 2 aromatic rings.